The van der Waals surface area contributed by atoms with E-state index in [-0.39, 0.29) is 24.8 Å². The Hall–Kier alpha value is -3.42. The van der Waals surface area contributed by atoms with Crippen molar-refractivity contribution in [1.82, 2.24) is 20.5 Å². The van der Waals surface area contributed by atoms with Crippen LogP contribution in [0.5, 0.6) is 5.75 Å². The first kappa shape index (κ1) is 20.3. The highest BCUT2D eigenvalue weighted by Gasteiger charge is 2.38. The Kier molecular flexibility index (Phi) is 6.78. The van der Waals surface area contributed by atoms with Gasteiger partial charge < -0.3 is 15.4 Å². The van der Waals surface area contributed by atoms with Crippen LogP contribution in [0.25, 0.3) is 0 Å². The first-order chi connectivity index (χ1) is 14.1. The normalized spacial score (nSPS) is 15.9. The molecule has 8 nitrogen and oxygen atoms in total. The maximum Gasteiger partial charge on any atom is 0.324 e. The molecule has 2 aromatic rings. The summed E-state index contributed by atoms with van der Waals surface area (Å²) in [4.78, 5) is 41.9. The van der Waals surface area contributed by atoms with E-state index in [1.807, 2.05) is 36.4 Å². The molecule has 1 aliphatic rings. The van der Waals surface area contributed by atoms with Crippen LogP contribution in [-0.4, -0.2) is 54.0 Å². The number of aromatic nitrogens is 1. The van der Waals surface area contributed by atoms with Crippen LogP contribution in [0.3, 0.4) is 0 Å². The van der Waals surface area contributed by atoms with E-state index in [1.54, 1.807) is 19.5 Å². The number of nitrogens with one attached hydrogen (secondary N) is 2. The predicted octanol–water partition coefficient (Wildman–Crippen LogP) is 1.30. The van der Waals surface area contributed by atoms with E-state index in [2.05, 4.69) is 15.6 Å². The fourth-order valence-electron chi connectivity index (χ4n) is 3.11. The lowest BCUT2D eigenvalue weighted by atomic mass is 10.1. The van der Waals surface area contributed by atoms with Gasteiger partial charge in [0.1, 0.15) is 11.8 Å². The second-order valence-corrected chi connectivity index (χ2v) is 6.75. The Bertz CT molecular complexity index is 855. The Morgan fingerprint density at radius 1 is 1.10 bits per heavy atom. The molecule has 1 fully saturated rings. The predicted molar refractivity (Wildman–Crippen MR) is 106 cm³/mol. The third-order valence-corrected chi connectivity index (χ3v) is 4.76. The molecule has 152 valence electrons. The van der Waals surface area contributed by atoms with Crippen LogP contribution in [0, 0.1) is 0 Å². The van der Waals surface area contributed by atoms with Crippen molar-refractivity contribution in [2.24, 2.45) is 0 Å². The molecule has 29 heavy (non-hydrogen) atoms. The number of rotatable bonds is 9. The average molecular weight is 396 g/mol. The lowest BCUT2D eigenvalue weighted by molar-refractivity contribution is -0.130. The minimum Gasteiger partial charge on any atom is -0.497 e. The Balaban J connectivity index is 1.44. The third kappa shape index (κ3) is 5.54. The molecule has 2 N–H and O–H groups in total. The number of nitrogens with zero attached hydrogens (tertiary/aromatic N) is 2. The van der Waals surface area contributed by atoms with E-state index in [0.29, 0.717) is 19.4 Å². The molecule has 0 aliphatic carbocycles. The summed E-state index contributed by atoms with van der Waals surface area (Å²) in [6.07, 6.45) is 4.54. The highest BCUT2D eigenvalue weighted by Crippen LogP contribution is 2.14. The summed E-state index contributed by atoms with van der Waals surface area (Å²) in [5.74, 6) is 0.112. The van der Waals surface area contributed by atoms with Gasteiger partial charge >= 0.3 is 6.03 Å². The van der Waals surface area contributed by atoms with Crippen LogP contribution in [-0.2, 0) is 22.4 Å². The number of hydrogen-bond acceptors (Lipinski definition) is 5. The van der Waals surface area contributed by atoms with Crippen LogP contribution in [0.2, 0.25) is 0 Å². The van der Waals surface area contributed by atoms with E-state index in [9.17, 15) is 14.4 Å². The van der Waals surface area contributed by atoms with E-state index >= 15 is 0 Å². The van der Waals surface area contributed by atoms with Gasteiger partial charge in [0, 0.05) is 25.5 Å². The van der Waals surface area contributed by atoms with Gasteiger partial charge in [-0.3, -0.25) is 19.5 Å². The lowest BCUT2D eigenvalue weighted by Gasteiger charge is -2.13. The summed E-state index contributed by atoms with van der Waals surface area (Å²) in [5, 5.41) is 5.38. The van der Waals surface area contributed by atoms with Crippen LogP contribution in [0.4, 0.5) is 4.79 Å². The molecule has 1 aromatic heterocycles. The lowest BCUT2D eigenvalue weighted by Crippen LogP contribution is -2.37. The molecule has 1 aromatic carbocycles. The molecule has 3 rings (SSSR count). The van der Waals surface area contributed by atoms with Gasteiger partial charge in [-0.2, -0.15) is 0 Å². The van der Waals surface area contributed by atoms with Gasteiger partial charge in [-0.05, 0) is 48.2 Å². The number of carbonyl (C=O) groups excluding carboxylic acids is 3. The van der Waals surface area contributed by atoms with Gasteiger partial charge in [-0.1, -0.05) is 12.1 Å². The van der Waals surface area contributed by atoms with Gasteiger partial charge in [0.15, 0.2) is 0 Å². The molecule has 0 unspecified atom stereocenters. The zero-order valence-electron chi connectivity index (χ0n) is 16.3. The molecule has 2 heterocycles. The molecular formula is C21H24N4O4. The molecule has 0 bridgehead atoms. The molecule has 0 radical (unpaired) electrons. The maximum absolute atomic E-state index is 12.5. The smallest absolute Gasteiger partial charge is 0.324 e. The van der Waals surface area contributed by atoms with Crippen molar-refractivity contribution >= 4 is 17.8 Å². The first-order valence-electron chi connectivity index (χ1n) is 9.47. The van der Waals surface area contributed by atoms with Crippen molar-refractivity contribution in [3.05, 3.63) is 59.9 Å². The number of carbonyl (C=O) groups is 3. The molecule has 1 saturated heterocycles. The van der Waals surface area contributed by atoms with E-state index in [1.165, 1.54) is 4.90 Å². The summed E-state index contributed by atoms with van der Waals surface area (Å²) in [7, 11) is 1.59. The Morgan fingerprint density at radius 2 is 1.79 bits per heavy atom. The monoisotopic (exact) mass is 396 g/mol. The first-order valence-corrected chi connectivity index (χ1v) is 9.47. The fourth-order valence-corrected chi connectivity index (χ4v) is 3.11. The van der Waals surface area contributed by atoms with Crippen molar-refractivity contribution in [2.45, 2.75) is 25.3 Å². The SMILES string of the molecule is COc1ccc(CCN2C(=O)N[C@@H](CC(=O)NCCc3ccncc3)C2=O)cc1. The zero-order valence-corrected chi connectivity index (χ0v) is 16.3. The number of imide groups is 1. The number of urea groups is 1. The van der Waals surface area contributed by atoms with Crippen molar-refractivity contribution in [3.63, 3.8) is 0 Å². The molecular weight excluding hydrogens is 372 g/mol. The number of benzene rings is 1. The third-order valence-electron chi connectivity index (χ3n) is 4.76. The van der Waals surface area contributed by atoms with Crippen molar-refractivity contribution in [1.29, 1.82) is 0 Å². The molecule has 1 aliphatic heterocycles. The van der Waals surface area contributed by atoms with Crippen molar-refractivity contribution in [2.75, 3.05) is 20.2 Å². The zero-order chi connectivity index (χ0) is 20.6. The molecule has 8 heteroatoms. The molecule has 4 amide bonds. The second kappa shape index (κ2) is 9.68. The summed E-state index contributed by atoms with van der Waals surface area (Å²) < 4.78 is 5.12. The largest absolute Gasteiger partial charge is 0.497 e. The van der Waals surface area contributed by atoms with Gasteiger partial charge in [0.05, 0.1) is 13.5 Å². The van der Waals surface area contributed by atoms with Crippen LogP contribution >= 0.6 is 0 Å². The summed E-state index contributed by atoms with van der Waals surface area (Å²) in [5.41, 5.74) is 2.05. The van der Waals surface area contributed by atoms with Crippen molar-refractivity contribution < 1.29 is 19.1 Å². The highest BCUT2D eigenvalue weighted by atomic mass is 16.5. The fraction of sp³-hybridized carbons (Fsp3) is 0.333. The summed E-state index contributed by atoms with van der Waals surface area (Å²) in [6.45, 7) is 0.718. The van der Waals surface area contributed by atoms with E-state index < -0.39 is 12.1 Å². The van der Waals surface area contributed by atoms with Crippen LogP contribution < -0.4 is 15.4 Å². The number of methoxy groups -OCH3 is 1. The molecule has 1 atom stereocenters. The number of pyridine rings is 1. The van der Waals surface area contributed by atoms with Gasteiger partial charge in [-0.15, -0.1) is 0 Å². The highest BCUT2D eigenvalue weighted by molar-refractivity contribution is 6.05. The van der Waals surface area contributed by atoms with E-state index in [4.69, 9.17) is 4.74 Å². The van der Waals surface area contributed by atoms with E-state index in [0.717, 1.165) is 16.9 Å². The summed E-state index contributed by atoms with van der Waals surface area (Å²) >= 11 is 0. The van der Waals surface area contributed by atoms with Gasteiger partial charge in [-0.25, -0.2) is 4.79 Å². The van der Waals surface area contributed by atoms with Gasteiger partial charge in [0.25, 0.3) is 5.91 Å². The van der Waals surface area contributed by atoms with Crippen LogP contribution in [0.1, 0.15) is 17.5 Å². The second-order valence-electron chi connectivity index (χ2n) is 6.75. The number of amides is 4. The molecule has 0 saturated carbocycles. The Morgan fingerprint density at radius 3 is 2.48 bits per heavy atom. The topological polar surface area (TPSA) is 101 Å². The van der Waals surface area contributed by atoms with Crippen LogP contribution in [0.15, 0.2) is 48.8 Å². The van der Waals surface area contributed by atoms with Crippen molar-refractivity contribution in [3.8, 4) is 5.75 Å². The standard InChI is InChI=1S/C21H24N4O4/c1-29-17-4-2-15(3-5-17)9-13-25-20(27)18(24-21(25)28)14-19(26)23-12-8-16-6-10-22-11-7-16/h2-7,10-11,18H,8-9,12-14H2,1H3,(H,23,26)(H,24,28)/t18-/m0/s1. The summed E-state index contributed by atoms with van der Waals surface area (Å²) in [6, 6.07) is 9.94. The minimum atomic E-state index is -0.820. The Labute approximate surface area is 169 Å². The maximum atomic E-state index is 12.5. The number of ether oxygens (including phenoxy) is 1. The number of hydrogen-bond donors (Lipinski definition) is 2. The average Bonchev–Trinajstić information content (AvgIpc) is 3.00. The van der Waals surface area contributed by atoms with Gasteiger partial charge in [0.2, 0.25) is 5.91 Å². The quantitative estimate of drug-likeness (QED) is 0.623. The minimum absolute atomic E-state index is 0.0695. The molecule has 0 spiro atoms.